The maximum atomic E-state index is 12.8. The zero-order valence-corrected chi connectivity index (χ0v) is 17.7. The molecule has 0 aliphatic carbocycles. The van der Waals surface area contributed by atoms with Crippen LogP contribution in [0.3, 0.4) is 0 Å². The van der Waals surface area contributed by atoms with Gasteiger partial charge in [0.2, 0.25) is 5.91 Å². The summed E-state index contributed by atoms with van der Waals surface area (Å²) in [6, 6.07) is 3.60. The van der Waals surface area contributed by atoms with Crippen molar-refractivity contribution in [2.75, 3.05) is 26.2 Å². The van der Waals surface area contributed by atoms with Crippen molar-refractivity contribution in [1.29, 1.82) is 0 Å². The van der Waals surface area contributed by atoms with Crippen LogP contribution in [0.1, 0.15) is 42.4 Å². The first-order valence-corrected chi connectivity index (χ1v) is 10.1. The van der Waals surface area contributed by atoms with Crippen LogP contribution in [0.5, 0.6) is 0 Å². The van der Waals surface area contributed by atoms with Crippen molar-refractivity contribution in [3.05, 3.63) is 40.7 Å². The molecule has 0 spiro atoms. The highest BCUT2D eigenvalue weighted by Crippen LogP contribution is 2.19. The third-order valence-electron chi connectivity index (χ3n) is 5.08. The average Bonchev–Trinajstić information content (AvgIpc) is 3.20. The number of aliphatic hydroxyl groups is 1. The Kier molecular flexibility index (Phi) is 7.10. The first-order chi connectivity index (χ1) is 13.9. The number of furan rings is 1. The van der Waals surface area contributed by atoms with E-state index in [-0.39, 0.29) is 18.6 Å². The Morgan fingerprint density at radius 3 is 2.66 bits per heavy atom. The molecule has 2 aromatic heterocycles. The number of rotatable bonds is 8. The van der Waals surface area contributed by atoms with Crippen molar-refractivity contribution in [2.45, 2.75) is 53.6 Å². The maximum Gasteiger partial charge on any atom is 0.236 e. The molecular formula is C21H31N3O5. The van der Waals surface area contributed by atoms with Crippen molar-refractivity contribution in [1.82, 2.24) is 15.0 Å². The zero-order valence-electron chi connectivity index (χ0n) is 17.7. The number of aliphatic hydroxyl groups excluding tert-OH is 1. The average molecular weight is 405 g/mol. The minimum absolute atomic E-state index is 0.0936. The fraction of sp³-hybridized carbons (Fsp3) is 0.619. The standard InChI is InChI=1S/C21H31N3O5/c1-14(2)7-24-10-19(27-13-20-15(3)22-29-16(20)4)9-23(11-21(24)26)8-17-5-6-18(12-25)28-17/h5-6,14,19,25H,7-13H2,1-4H3. The Bertz CT molecular complexity index is 794. The number of hydrogen-bond donors (Lipinski definition) is 1. The Morgan fingerprint density at radius 1 is 1.28 bits per heavy atom. The van der Waals surface area contributed by atoms with Gasteiger partial charge in [0.15, 0.2) is 0 Å². The lowest BCUT2D eigenvalue weighted by atomic mass is 10.2. The lowest BCUT2D eigenvalue weighted by molar-refractivity contribution is -0.132. The summed E-state index contributed by atoms with van der Waals surface area (Å²) >= 11 is 0. The van der Waals surface area contributed by atoms with E-state index in [0.717, 1.165) is 22.8 Å². The van der Waals surface area contributed by atoms with E-state index in [1.807, 2.05) is 29.7 Å². The molecular weight excluding hydrogens is 374 g/mol. The summed E-state index contributed by atoms with van der Waals surface area (Å²) in [6.07, 6.45) is -0.138. The van der Waals surface area contributed by atoms with E-state index in [9.17, 15) is 9.90 Å². The summed E-state index contributed by atoms with van der Waals surface area (Å²) in [6.45, 7) is 10.9. The maximum absolute atomic E-state index is 12.8. The van der Waals surface area contributed by atoms with E-state index in [0.29, 0.717) is 51.0 Å². The number of hydrogen-bond acceptors (Lipinski definition) is 7. The zero-order chi connectivity index (χ0) is 21.0. The van der Waals surface area contributed by atoms with Crippen molar-refractivity contribution in [2.24, 2.45) is 5.92 Å². The lowest BCUT2D eigenvalue weighted by Gasteiger charge is -2.26. The second kappa shape index (κ2) is 9.56. The summed E-state index contributed by atoms with van der Waals surface area (Å²) in [5.74, 6) is 2.48. The normalized spacial score (nSPS) is 18.6. The van der Waals surface area contributed by atoms with Gasteiger partial charge in [-0.2, -0.15) is 0 Å². The minimum atomic E-state index is -0.138. The second-order valence-electron chi connectivity index (χ2n) is 8.12. The minimum Gasteiger partial charge on any atom is -0.462 e. The molecule has 0 aromatic carbocycles. The molecule has 1 unspecified atom stereocenters. The van der Waals surface area contributed by atoms with Crippen LogP contribution in [0.4, 0.5) is 0 Å². The molecule has 1 amide bonds. The lowest BCUT2D eigenvalue weighted by Crippen LogP contribution is -2.40. The van der Waals surface area contributed by atoms with Crippen LogP contribution in [0.25, 0.3) is 0 Å². The number of aryl methyl sites for hydroxylation is 2. The fourth-order valence-electron chi connectivity index (χ4n) is 3.61. The molecule has 8 heteroatoms. The Morgan fingerprint density at radius 2 is 2.03 bits per heavy atom. The molecule has 160 valence electrons. The van der Waals surface area contributed by atoms with E-state index >= 15 is 0 Å². The third-order valence-corrected chi connectivity index (χ3v) is 5.08. The van der Waals surface area contributed by atoms with Gasteiger partial charge in [-0.3, -0.25) is 9.69 Å². The quantitative estimate of drug-likeness (QED) is 0.720. The van der Waals surface area contributed by atoms with Gasteiger partial charge >= 0.3 is 0 Å². The number of amides is 1. The van der Waals surface area contributed by atoms with Crippen LogP contribution in [0.2, 0.25) is 0 Å². The molecule has 1 N–H and O–H groups in total. The summed E-state index contributed by atoms with van der Waals surface area (Å²) in [5.41, 5.74) is 1.79. The number of nitrogens with zero attached hydrogens (tertiary/aromatic N) is 3. The van der Waals surface area contributed by atoms with Gasteiger partial charge in [-0.25, -0.2) is 0 Å². The molecule has 0 bridgehead atoms. The second-order valence-corrected chi connectivity index (χ2v) is 8.12. The van der Waals surface area contributed by atoms with E-state index in [4.69, 9.17) is 13.7 Å². The van der Waals surface area contributed by atoms with E-state index in [2.05, 4.69) is 19.0 Å². The van der Waals surface area contributed by atoms with Crippen LogP contribution >= 0.6 is 0 Å². The molecule has 2 aromatic rings. The van der Waals surface area contributed by atoms with E-state index in [1.165, 1.54) is 0 Å². The predicted octanol–water partition coefficient (Wildman–Crippen LogP) is 2.26. The molecule has 8 nitrogen and oxygen atoms in total. The highest BCUT2D eigenvalue weighted by atomic mass is 16.5. The molecule has 3 heterocycles. The van der Waals surface area contributed by atoms with Crippen LogP contribution in [0.15, 0.2) is 21.1 Å². The van der Waals surface area contributed by atoms with Crippen molar-refractivity contribution in [3.8, 4) is 0 Å². The summed E-state index contributed by atoms with van der Waals surface area (Å²) in [4.78, 5) is 16.8. The SMILES string of the molecule is Cc1noc(C)c1COC1CN(Cc2ccc(CO)o2)CC(=O)N(CC(C)C)C1. The molecule has 29 heavy (non-hydrogen) atoms. The largest absolute Gasteiger partial charge is 0.462 e. The summed E-state index contributed by atoms with van der Waals surface area (Å²) < 4.78 is 17.1. The van der Waals surface area contributed by atoms with Crippen molar-refractivity contribution in [3.63, 3.8) is 0 Å². The number of aromatic nitrogens is 1. The summed E-state index contributed by atoms with van der Waals surface area (Å²) in [7, 11) is 0. The van der Waals surface area contributed by atoms with Gasteiger partial charge in [0.1, 0.15) is 23.9 Å². The van der Waals surface area contributed by atoms with Gasteiger partial charge in [0.25, 0.3) is 0 Å². The van der Waals surface area contributed by atoms with Crippen LogP contribution in [-0.2, 0) is 29.3 Å². The number of ether oxygens (including phenoxy) is 1. The van der Waals surface area contributed by atoms with Crippen LogP contribution in [0, 0.1) is 19.8 Å². The smallest absolute Gasteiger partial charge is 0.236 e. The molecule has 1 fully saturated rings. The highest BCUT2D eigenvalue weighted by Gasteiger charge is 2.29. The van der Waals surface area contributed by atoms with E-state index < -0.39 is 0 Å². The summed E-state index contributed by atoms with van der Waals surface area (Å²) in [5, 5.41) is 13.2. The van der Waals surface area contributed by atoms with E-state index in [1.54, 1.807) is 6.07 Å². The Labute approximate surface area is 171 Å². The highest BCUT2D eigenvalue weighted by molar-refractivity contribution is 5.78. The van der Waals surface area contributed by atoms with Crippen LogP contribution in [-0.4, -0.2) is 58.3 Å². The van der Waals surface area contributed by atoms with Crippen LogP contribution < -0.4 is 0 Å². The Balaban J connectivity index is 1.71. The monoisotopic (exact) mass is 405 g/mol. The number of carbonyl (C=O) groups is 1. The molecule has 0 saturated carbocycles. The molecule has 0 radical (unpaired) electrons. The van der Waals surface area contributed by atoms with Gasteiger partial charge in [0.05, 0.1) is 31.5 Å². The third kappa shape index (κ3) is 5.68. The van der Waals surface area contributed by atoms with Crippen molar-refractivity contribution >= 4 is 5.91 Å². The van der Waals surface area contributed by atoms with Gasteiger partial charge in [-0.05, 0) is 31.9 Å². The number of carbonyl (C=O) groups excluding carboxylic acids is 1. The van der Waals surface area contributed by atoms with Crippen molar-refractivity contribution < 1.29 is 23.6 Å². The predicted molar refractivity (Wildman–Crippen MR) is 106 cm³/mol. The van der Waals surface area contributed by atoms with Gasteiger partial charge in [-0.1, -0.05) is 19.0 Å². The molecule has 3 rings (SSSR count). The Hall–Kier alpha value is -2.16. The first kappa shape index (κ1) is 21.5. The molecule has 1 saturated heterocycles. The van der Waals surface area contributed by atoms with Gasteiger partial charge in [-0.15, -0.1) is 0 Å². The molecule has 1 aliphatic rings. The van der Waals surface area contributed by atoms with Gasteiger partial charge < -0.3 is 23.7 Å². The van der Waals surface area contributed by atoms with Gasteiger partial charge in [0, 0.05) is 25.2 Å². The molecule has 1 atom stereocenters. The fourth-order valence-corrected chi connectivity index (χ4v) is 3.61. The first-order valence-electron chi connectivity index (χ1n) is 10.1. The molecule has 1 aliphatic heterocycles. The topological polar surface area (TPSA) is 92.2 Å².